The SMILES string of the molecule is Oc1ccc(-c2ccccc2)cc1CN1CCCCCCC1. The lowest BCUT2D eigenvalue weighted by molar-refractivity contribution is 0.237. The molecule has 0 saturated carbocycles. The summed E-state index contributed by atoms with van der Waals surface area (Å²) in [5.74, 6) is 0.418. The second-order valence-electron chi connectivity index (χ2n) is 6.25. The second kappa shape index (κ2) is 7.46. The van der Waals surface area contributed by atoms with E-state index in [4.69, 9.17) is 0 Å². The fourth-order valence-corrected chi connectivity index (χ4v) is 3.23. The van der Waals surface area contributed by atoms with E-state index in [0.717, 1.165) is 25.2 Å². The molecule has 1 aliphatic rings. The van der Waals surface area contributed by atoms with Crippen molar-refractivity contribution >= 4 is 0 Å². The van der Waals surface area contributed by atoms with Gasteiger partial charge in [-0.15, -0.1) is 0 Å². The van der Waals surface area contributed by atoms with Crippen LogP contribution in [0.5, 0.6) is 5.75 Å². The molecule has 0 aliphatic carbocycles. The fraction of sp³-hybridized carbons (Fsp3) is 0.400. The quantitative estimate of drug-likeness (QED) is 0.877. The summed E-state index contributed by atoms with van der Waals surface area (Å²) < 4.78 is 0. The summed E-state index contributed by atoms with van der Waals surface area (Å²) in [6.45, 7) is 3.15. The Kier molecular flexibility index (Phi) is 5.12. The Hall–Kier alpha value is -1.80. The van der Waals surface area contributed by atoms with Gasteiger partial charge < -0.3 is 5.11 Å². The monoisotopic (exact) mass is 295 g/mol. The molecule has 0 unspecified atom stereocenters. The van der Waals surface area contributed by atoms with Crippen LogP contribution in [0.4, 0.5) is 0 Å². The normalized spacial score (nSPS) is 16.9. The molecule has 1 fully saturated rings. The highest BCUT2D eigenvalue weighted by atomic mass is 16.3. The molecule has 22 heavy (non-hydrogen) atoms. The maximum Gasteiger partial charge on any atom is 0.120 e. The molecule has 3 rings (SSSR count). The van der Waals surface area contributed by atoms with Crippen molar-refractivity contribution in [3.8, 4) is 16.9 Å². The van der Waals surface area contributed by atoms with E-state index in [-0.39, 0.29) is 0 Å². The Labute approximate surface area is 133 Å². The smallest absolute Gasteiger partial charge is 0.120 e. The van der Waals surface area contributed by atoms with Gasteiger partial charge in [0.2, 0.25) is 0 Å². The second-order valence-corrected chi connectivity index (χ2v) is 6.25. The summed E-state index contributed by atoms with van der Waals surface area (Å²) in [5, 5.41) is 10.2. The van der Waals surface area contributed by atoms with Crippen LogP contribution >= 0.6 is 0 Å². The first-order valence-corrected chi connectivity index (χ1v) is 8.42. The largest absolute Gasteiger partial charge is 0.508 e. The van der Waals surface area contributed by atoms with E-state index in [9.17, 15) is 5.11 Å². The number of nitrogens with zero attached hydrogens (tertiary/aromatic N) is 1. The van der Waals surface area contributed by atoms with Crippen molar-refractivity contribution in [1.29, 1.82) is 0 Å². The zero-order valence-corrected chi connectivity index (χ0v) is 13.2. The Balaban J connectivity index is 1.77. The van der Waals surface area contributed by atoms with Gasteiger partial charge in [0.25, 0.3) is 0 Å². The van der Waals surface area contributed by atoms with Crippen LogP contribution in [0, 0.1) is 0 Å². The van der Waals surface area contributed by atoms with Gasteiger partial charge in [-0.05, 0) is 49.2 Å². The molecule has 2 heteroatoms. The minimum Gasteiger partial charge on any atom is -0.508 e. The van der Waals surface area contributed by atoms with Crippen LogP contribution in [-0.2, 0) is 6.54 Å². The van der Waals surface area contributed by atoms with E-state index < -0.39 is 0 Å². The molecule has 0 atom stereocenters. The maximum atomic E-state index is 10.2. The summed E-state index contributed by atoms with van der Waals surface area (Å²) in [4.78, 5) is 2.49. The molecule has 1 heterocycles. The number of phenols is 1. The highest BCUT2D eigenvalue weighted by Crippen LogP contribution is 2.27. The lowest BCUT2D eigenvalue weighted by Gasteiger charge is -2.25. The van der Waals surface area contributed by atoms with Gasteiger partial charge in [0, 0.05) is 12.1 Å². The highest BCUT2D eigenvalue weighted by Gasteiger charge is 2.12. The van der Waals surface area contributed by atoms with Gasteiger partial charge in [-0.2, -0.15) is 0 Å². The number of hydrogen-bond acceptors (Lipinski definition) is 2. The first-order chi connectivity index (χ1) is 10.8. The number of rotatable bonds is 3. The molecule has 0 aromatic heterocycles. The lowest BCUT2D eigenvalue weighted by Crippen LogP contribution is -2.26. The molecule has 2 aromatic carbocycles. The molecule has 0 bridgehead atoms. The third kappa shape index (κ3) is 3.89. The Morgan fingerprint density at radius 3 is 2.18 bits per heavy atom. The molecular weight excluding hydrogens is 270 g/mol. The van der Waals surface area contributed by atoms with E-state index in [2.05, 4.69) is 35.2 Å². The number of benzene rings is 2. The van der Waals surface area contributed by atoms with Crippen LogP contribution in [0.25, 0.3) is 11.1 Å². The summed E-state index contributed by atoms with van der Waals surface area (Å²) in [6.07, 6.45) is 6.61. The van der Waals surface area contributed by atoms with Gasteiger partial charge in [0.05, 0.1) is 0 Å². The van der Waals surface area contributed by atoms with Crippen molar-refractivity contribution in [3.63, 3.8) is 0 Å². The summed E-state index contributed by atoms with van der Waals surface area (Å²) in [5.41, 5.74) is 3.43. The van der Waals surface area contributed by atoms with Gasteiger partial charge >= 0.3 is 0 Å². The van der Waals surface area contributed by atoms with E-state index in [1.54, 1.807) is 0 Å². The van der Waals surface area contributed by atoms with Crippen molar-refractivity contribution in [2.24, 2.45) is 0 Å². The maximum absolute atomic E-state index is 10.2. The standard InChI is InChI=1S/C20H25NO/c22-20-12-11-18(17-9-5-4-6-10-17)15-19(20)16-21-13-7-2-1-3-8-14-21/h4-6,9-12,15,22H,1-3,7-8,13-14,16H2. The van der Waals surface area contributed by atoms with Gasteiger partial charge in [-0.25, -0.2) is 0 Å². The van der Waals surface area contributed by atoms with Crippen LogP contribution in [0.3, 0.4) is 0 Å². The fourth-order valence-electron chi connectivity index (χ4n) is 3.23. The minimum atomic E-state index is 0.418. The van der Waals surface area contributed by atoms with Crippen LogP contribution < -0.4 is 0 Å². The topological polar surface area (TPSA) is 23.5 Å². The van der Waals surface area contributed by atoms with Crippen LogP contribution in [0.2, 0.25) is 0 Å². The first-order valence-electron chi connectivity index (χ1n) is 8.42. The van der Waals surface area contributed by atoms with Gasteiger partial charge in [-0.3, -0.25) is 4.90 Å². The molecule has 1 N–H and O–H groups in total. The van der Waals surface area contributed by atoms with E-state index in [0.29, 0.717) is 5.75 Å². The highest BCUT2D eigenvalue weighted by molar-refractivity contribution is 5.65. The van der Waals surface area contributed by atoms with Gasteiger partial charge in [0.1, 0.15) is 5.75 Å². The Morgan fingerprint density at radius 2 is 1.45 bits per heavy atom. The molecule has 0 amide bonds. The molecule has 1 aliphatic heterocycles. The van der Waals surface area contributed by atoms with Crippen molar-refractivity contribution in [3.05, 3.63) is 54.1 Å². The molecule has 1 saturated heterocycles. The lowest BCUT2D eigenvalue weighted by atomic mass is 10.0. The number of phenolic OH excluding ortho intramolecular Hbond substituents is 1. The van der Waals surface area contributed by atoms with Gasteiger partial charge in [0.15, 0.2) is 0 Å². The summed E-state index contributed by atoms with van der Waals surface area (Å²) >= 11 is 0. The number of aromatic hydroxyl groups is 1. The van der Waals surface area contributed by atoms with E-state index in [1.165, 1.54) is 43.2 Å². The molecule has 2 nitrogen and oxygen atoms in total. The van der Waals surface area contributed by atoms with Crippen LogP contribution in [-0.4, -0.2) is 23.1 Å². The molecule has 116 valence electrons. The number of likely N-dealkylation sites (tertiary alicyclic amines) is 1. The zero-order chi connectivity index (χ0) is 15.2. The predicted molar refractivity (Wildman–Crippen MR) is 91.9 cm³/mol. The molecule has 0 spiro atoms. The third-order valence-corrected chi connectivity index (χ3v) is 4.53. The predicted octanol–water partition coefficient (Wildman–Crippen LogP) is 4.83. The zero-order valence-electron chi connectivity index (χ0n) is 13.2. The van der Waals surface area contributed by atoms with Crippen molar-refractivity contribution in [2.75, 3.05) is 13.1 Å². The molecule has 0 radical (unpaired) electrons. The van der Waals surface area contributed by atoms with Crippen LogP contribution in [0.15, 0.2) is 48.5 Å². The van der Waals surface area contributed by atoms with Crippen molar-refractivity contribution < 1.29 is 5.11 Å². The van der Waals surface area contributed by atoms with Crippen molar-refractivity contribution in [2.45, 2.75) is 38.6 Å². The van der Waals surface area contributed by atoms with Gasteiger partial charge in [-0.1, -0.05) is 55.7 Å². The first kappa shape index (κ1) is 15.1. The molecule has 2 aromatic rings. The minimum absolute atomic E-state index is 0.418. The molecular formula is C20H25NO. The Morgan fingerprint density at radius 1 is 0.773 bits per heavy atom. The Bertz CT molecular complexity index is 586. The average molecular weight is 295 g/mol. The van der Waals surface area contributed by atoms with Crippen molar-refractivity contribution in [1.82, 2.24) is 4.90 Å². The third-order valence-electron chi connectivity index (χ3n) is 4.53. The van der Waals surface area contributed by atoms with E-state index in [1.807, 2.05) is 18.2 Å². The van der Waals surface area contributed by atoms with E-state index >= 15 is 0 Å². The van der Waals surface area contributed by atoms with Crippen LogP contribution in [0.1, 0.15) is 37.7 Å². The summed E-state index contributed by atoms with van der Waals surface area (Å²) in [7, 11) is 0. The summed E-state index contributed by atoms with van der Waals surface area (Å²) in [6, 6.07) is 16.4. The average Bonchev–Trinajstić information content (AvgIpc) is 2.52. The number of hydrogen-bond donors (Lipinski definition) is 1.